The number of anilines is 1. The van der Waals surface area contributed by atoms with E-state index in [0.717, 1.165) is 51.2 Å². The summed E-state index contributed by atoms with van der Waals surface area (Å²) < 4.78 is 29.8. The van der Waals surface area contributed by atoms with Gasteiger partial charge in [0.1, 0.15) is 12.6 Å². The maximum Gasteiger partial charge on any atom is 0.264 e. The highest BCUT2D eigenvalue weighted by Gasteiger charge is 2.33. The molecule has 1 N–H and O–H groups in total. The van der Waals surface area contributed by atoms with E-state index in [9.17, 15) is 18.0 Å². The molecule has 0 radical (unpaired) electrons. The van der Waals surface area contributed by atoms with Crippen molar-refractivity contribution in [2.75, 3.05) is 10.8 Å². The second-order valence-electron chi connectivity index (χ2n) is 10.4. The van der Waals surface area contributed by atoms with Gasteiger partial charge in [-0.25, -0.2) is 8.42 Å². The maximum atomic E-state index is 14.1. The van der Waals surface area contributed by atoms with Gasteiger partial charge in [-0.3, -0.25) is 13.9 Å². The van der Waals surface area contributed by atoms with E-state index in [4.69, 9.17) is 0 Å². The Kier molecular flexibility index (Phi) is 9.68. The maximum absolute atomic E-state index is 14.1. The van der Waals surface area contributed by atoms with Crippen molar-refractivity contribution in [1.82, 2.24) is 10.2 Å². The number of hydrogen-bond donors (Lipinski definition) is 1. The Morgan fingerprint density at radius 2 is 1.65 bits per heavy atom. The predicted octanol–water partition coefficient (Wildman–Crippen LogP) is 5.74. The molecule has 3 aromatic rings. The minimum atomic E-state index is -4.08. The van der Waals surface area contributed by atoms with E-state index < -0.39 is 28.5 Å². The molecule has 0 heterocycles. The van der Waals surface area contributed by atoms with Gasteiger partial charge in [-0.05, 0) is 86.7 Å². The molecule has 1 saturated carbocycles. The number of hydrogen-bond acceptors (Lipinski definition) is 4. The molecule has 3 aromatic carbocycles. The van der Waals surface area contributed by atoms with Crippen LogP contribution in [0.25, 0.3) is 0 Å². The van der Waals surface area contributed by atoms with Crippen LogP contribution in [0.15, 0.2) is 82.2 Å². The summed E-state index contributed by atoms with van der Waals surface area (Å²) in [7, 11) is -4.08. The molecule has 2 amide bonds. The monoisotopic (exact) mass is 625 g/mol. The molecule has 1 aliphatic rings. The smallest absolute Gasteiger partial charge is 0.264 e. The van der Waals surface area contributed by atoms with Gasteiger partial charge in [-0.15, -0.1) is 0 Å². The number of benzene rings is 3. The lowest BCUT2D eigenvalue weighted by molar-refractivity contribution is -0.139. The predicted molar refractivity (Wildman–Crippen MR) is 161 cm³/mol. The summed E-state index contributed by atoms with van der Waals surface area (Å²) in [6.07, 6.45) is 3.99. The average molecular weight is 627 g/mol. The number of sulfonamides is 1. The van der Waals surface area contributed by atoms with E-state index >= 15 is 0 Å². The summed E-state index contributed by atoms with van der Waals surface area (Å²) in [5.41, 5.74) is 3.15. The van der Waals surface area contributed by atoms with Crippen LogP contribution in [0, 0.1) is 13.8 Å². The molecule has 9 heteroatoms. The first-order chi connectivity index (χ1) is 19.1. The fourth-order valence-corrected chi connectivity index (χ4v) is 6.81. The Bertz CT molecular complexity index is 1460. The Morgan fingerprint density at radius 1 is 0.950 bits per heavy atom. The molecule has 1 atom stereocenters. The van der Waals surface area contributed by atoms with E-state index in [2.05, 4.69) is 21.2 Å². The van der Waals surface area contributed by atoms with Crippen molar-refractivity contribution in [2.24, 2.45) is 0 Å². The Morgan fingerprint density at radius 3 is 2.30 bits per heavy atom. The van der Waals surface area contributed by atoms with Crippen LogP contribution in [0.1, 0.15) is 49.3 Å². The van der Waals surface area contributed by atoms with Crippen LogP contribution in [0.5, 0.6) is 0 Å². The van der Waals surface area contributed by atoms with Crippen molar-refractivity contribution in [2.45, 2.75) is 70.0 Å². The molecular formula is C31H36BrN3O4S. The van der Waals surface area contributed by atoms with Crippen molar-refractivity contribution < 1.29 is 18.0 Å². The number of aryl methyl sites for hydroxylation is 2. The molecule has 4 rings (SSSR count). The minimum Gasteiger partial charge on any atom is -0.352 e. The van der Waals surface area contributed by atoms with Gasteiger partial charge in [-0.2, -0.15) is 0 Å². The molecule has 0 saturated heterocycles. The first-order valence-corrected chi connectivity index (χ1v) is 15.8. The first-order valence-electron chi connectivity index (χ1n) is 13.6. The van der Waals surface area contributed by atoms with E-state index in [1.54, 1.807) is 37.3 Å². The second kappa shape index (κ2) is 13.0. The number of nitrogens with zero attached hydrogens (tertiary/aromatic N) is 2. The third-order valence-corrected chi connectivity index (χ3v) is 9.78. The highest BCUT2D eigenvalue weighted by molar-refractivity contribution is 9.10. The largest absolute Gasteiger partial charge is 0.352 e. The van der Waals surface area contributed by atoms with E-state index in [0.29, 0.717) is 5.69 Å². The van der Waals surface area contributed by atoms with Crippen LogP contribution in [0.4, 0.5) is 5.69 Å². The van der Waals surface area contributed by atoms with Crippen LogP contribution in [0.2, 0.25) is 0 Å². The number of amides is 2. The SMILES string of the molecule is Cc1ccc(N(CC(=O)N(Cc2cccc(Br)c2)[C@@H](C)C(=O)NC2CCCC2)S(=O)(=O)c2ccccc2)cc1C. The molecular weight excluding hydrogens is 590 g/mol. The topological polar surface area (TPSA) is 86.8 Å². The third kappa shape index (κ3) is 7.12. The van der Waals surface area contributed by atoms with Gasteiger partial charge in [-0.1, -0.05) is 65.2 Å². The molecule has 212 valence electrons. The fourth-order valence-electron chi connectivity index (χ4n) is 4.94. The number of halogens is 1. The van der Waals surface area contributed by atoms with Crippen LogP contribution in [-0.2, 0) is 26.2 Å². The molecule has 1 aliphatic carbocycles. The van der Waals surface area contributed by atoms with Crippen molar-refractivity contribution in [1.29, 1.82) is 0 Å². The normalized spacial score (nSPS) is 14.5. The lowest BCUT2D eigenvalue weighted by Gasteiger charge is -2.32. The summed E-state index contributed by atoms with van der Waals surface area (Å²) in [6.45, 7) is 5.26. The fraction of sp³-hybridized carbons (Fsp3) is 0.355. The molecule has 40 heavy (non-hydrogen) atoms. The van der Waals surface area contributed by atoms with Gasteiger partial charge in [0.15, 0.2) is 0 Å². The van der Waals surface area contributed by atoms with Crippen molar-refractivity contribution >= 4 is 43.5 Å². The zero-order chi connectivity index (χ0) is 28.9. The highest BCUT2D eigenvalue weighted by Crippen LogP contribution is 2.27. The quantitative estimate of drug-likeness (QED) is 0.311. The second-order valence-corrected chi connectivity index (χ2v) is 13.2. The number of carbonyl (C=O) groups excluding carboxylic acids is 2. The van der Waals surface area contributed by atoms with Gasteiger partial charge in [0.05, 0.1) is 10.6 Å². The molecule has 1 fully saturated rings. The number of nitrogens with one attached hydrogen (secondary N) is 1. The molecule has 0 unspecified atom stereocenters. The van der Waals surface area contributed by atoms with E-state index in [1.165, 1.54) is 17.0 Å². The van der Waals surface area contributed by atoms with E-state index in [1.807, 2.05) is 44.2 Å². The summed E-state index contributed by atoms with van der Waals surface area (Å²) >= 11 is 3.48. The molecule has 0 aliphatic heterocycles. The lowest BCUT2D eigenvalue weighted by Crippen LogP contribution is -2.52. The molecule has 0 bridgehead atoms. The zero-order valence-electron chi connectivity index (χ0n) is 23.1. The molecule has 7 nitrogen and oxygen atoms in total. The van der Waals surface area contributed by atoms with Gasteiger partial charge in [0.25, 0.3) is 10.0 Å². The Labute approximate surface area is 245 Å². The van der Waals surface area contributed by atoms with Crippen LogP contribution in [0.3, 0.4) is 0 Å². The summed E-state index contributed by atoms with van der Waals surface area (Å²) in [6, 6.07) is 20.3. The summed E-state index contributed by atoms with van der Waals surface area (Å²) in [5.74, 6) is -0.703. The Balaban J connectivity index is 1.69. The lowest BCUT2D eigenvalue weighted by atomic mass is 10.1. The number of rotatable bonds is 10. The Hall–Kier alpha value is -3.17. The molecule has 0 spiro atoms. The molecule has 0 aromatic heterocycles. The van der Waals surface area contributed by atoms with Crippen LogP contribution >= 0.6 is 15.9 Å². The number of carbonyl (C=O) groups is 2. The van der Waals surface area contributed by atoms with Crippen LogP contribution in [-0.4, -0.2) is 43.8 Å². The standard InChI is InChI=1S/C31H36BrN3O4S/c1-22-16-17-28(18-23(22)2)35(40(38,39)29-14-5-4-6-15-29)21-30(36)34(20-25-10-9-11-26(32)19-25)24(3)31(37)33-27-12-7-8-13-27/h4-6,9-11,14-19,24,27H,7-8,12-13,20-21H2,1-3H3,(H,33,37)/t24-/m0/s1. The van der Waals surface area contributed by atoms with Gasteiger partial charge in [0, 0.05) is 17.1 Å². The summed E-state index contributed by atoms with van der Waals surface area (Å²) in [5, 5.41) is 3.09. The van der Waals surface area contributed by atoms with Gasteiger partial charge in [0.2, 0.25) is 11.8 Å². The van der Waals surface area contributed by atoms with Crippen molar-refractivity contribution in [3.63, 3.8) is 0 Å². The minimum absolute atomic E-state index is 0.0894. The zero-order valence-corrected chi connectivity index (χ0v) is 25.5. The van der Waals surface area contributed by atoms with Gasteiger partial charge >= 0.3 is 0 Å². The van der Waals surface area contributed by atoms with Crippen molar-refractivity contribution in [3.8, 4) is 0 Å². The van der Waals surface area contributed by atoms with E-state index in [-0.39, 0.29) is 23.4 Å². The van der Waals surface area contributed by atoms with Crippen LogP contribution < -0.4 is 9.62 Å². The summed E-state index contributed by atoms with van der Waals surface area (Å²) in [4.78, 5) is 28.9. The average Bonchev–Trinajstić information content (AvgIpc) is 3.45. The van der Waals surface area contributed by atoms with Gasteiger partial charge < -0.3 is 10.2 Å². The third-order valence-electron chi connectivity index (χ3n) is 7.50. The highest BCUT2D eigenvalue weighted by atomic mass is 79.9. The first kappa shape index (κ1) is 29.8. The van der Waals surface area contributed by atoms with Crippen molar-refractivity contribution in [3.05, 3.63) is 94.0 Å².